The van der Waals surface area contributed by atoms with Crippen LogP contribution in [0.1, 0.15) is 36.2 Å². The highest BCUT2D eigenvalue weighted by molar-refractivity contribution is 7.99. The van der Waals surface area contributed by atoms with Crippen molar-refractivity contribution in [3.63, 3.8) is 0 Å². The van der Waals surface area contributed by atoms with Gasteiger partial charge in [-0.05, 0) is 61.2 Å². The first kappa shape index (κ1) is 24.3. The minimum atomic E-state index is -0.300. The number of aromatic nitrogens is 1. The van der Waals surface area contributed by atoms with E-state index in [0.29, 0.717) is 24.8 Å². The lowest BCUT2D eigenvalue weighted by Gasteiger charge is -2.35. The van der Waals surface area contributed by atoms with Gasteiger partial charge in [-0.25, -0.2) is 4.79 Å². The summed E-state index contributed by atoms with van der Waals surface area (Å²) >= 11 is 8.34. The summed E-state index contributed by atoms with van der Waals surface area (Å²) in [4.78, 5) is 20.8. The number of halogens is 1. The molecule has 8 heteroatoms. The number of thioether (sulfide) groups is 1. The number of H-pyrrole nitrogens is 1. The molecule has 1 unspecified atom stereocenters. The van der Waals surface area contributed by atoms with Gasteiger partial charge >= 0.3 is 6.09 Å². The van der Waals surface area contributed by atoms with Crippen LogP contribution in [0.5, 0.6) is 5.75 Å². The van der Waals surface area contributed by atoms with E-state index in [0.717, 1.165) is 47.3 Å². The SMILES string of the molecule is CCOC(=O)N1CCc2c([nH]c3ccc(Cl)cc23)C1c1cccc(OCCCN2CCSCC2)c1. The number of carbonyl (C=O) groups excluding carboxylic acids is 1. The van der Waals surface area contributed by atoms with Gasteiger partial charge in [0.25, 0.3) is 0 Å². The number of amides is 1. The van der Waals surface area contributed by atoms with Crippen LogP contribution >= 0.6 is 23.4 Å². The van der Waals surface area contributed by atoms with E-state index in [2.05, 4.69) is 22.0 Å². The highest BCUT2D eigenvalue weighted by Gasteiger charge is 2.35. The van der Waals surface area contributed by atoms with Crippen molar-refractivity contribution >= 4 is 40.4 Å². The highest BCUT2D eigenvalue weighted by Crippen LogP contribution is 2.40. The third-order valence-electron chi connectivity index (χ3n) is 6.76. The summed E-state index contributed by atoms with van der Waals surface area (Å²) in [5, 5.41) is 1.83. The lowest BCUT2D eigenvalue weighted by molar-refractivity contribution is 0.0931. The Morgan fingerprint density at radius 1 is 1.17 bits per heavy atom. The number of fused-ring (bicyclic) bond motifs is 3. The predicted octanol–water partition coefficient (Wildman–Crippen LogP) is 5.74. The highest BCUT2D eigenvalue weighted by atomic mass is 35.5. The van der Waals surface area contributed by atoms with Crippen LogP contribution in [0.3, 0.4) is 0 Å². The van der Waals surface area contributed by atoms with E-state index in [1.54, 1.807) is 0 Å². The van der Waals surface area contributed by atoms with E-state index in [-0.39, 0.29) is 12.1 Å². The fourth-order valence-electron chi connectivity index (χ4n) is 5.09. The molecule has 35 heavy (non-hydrogen) atoms. The Bertz CT molecular complexity index is 1180. The van der Waals surface area contributed by atoms with Gasteiger partial charge < -0.3 is 19.4 Å². The van der Waals surface area contributed by atoms with Gasteiger partial charge in [0.05, 0.1) is 13.2 Å². The molecule has 1 saturated heterocycles. The molecule has 1 N–H and O–H groups in total. The maximum absolute atomic E-state index is 12.9. The van der Waals surface area contributed by atoms with E-state index >= 15 is 0 Å². The standard InChI is InChI=1S/C27H32ClN3O3S/c1-2-33-27(32)31-11-9-22-23-18-20(28)7-8-24(23)29-25(22)26(31)19-5-3-6-21(17-19)34-14-4-10-30-12-15-35-16-13-30/h3,5-8,17-18,26,29H,2,4,9-16H2,1H3. The molecule has 5 rings (SSSR count). The van der Waals surface area contributed by atoms with Crippen molar-refractivity contribution in [1.29, 1.82) is 0 Å². The van der Waals surface area contributed by atoms with Crippen molar-refractivity contribution < 1.29 is 14.3 Å². The summed E-state index contributed by atoms with van der Waals surface area (Å²) in [5.41, 5.74) is 4.25. The van der Waals surface area contributed by atoms with Gasteiger partial charge in [-0.2, -0.15) is 11.8 Å². The molecule has 0 aliphatic carbocycles. The molecule has 0 saturated carbocycles. The third kappa shape index (κ3) is 5.42. The quantitative estimate of drug-likeness (QED) is 0.408. The Morgan fingerprint density at radius 3 is 2.86 bits per heavy atom. The van der Waals surface area contributed by atoms with Gasteiger partial charge in [-0.3, -0.25) is 4.90 Å². The van der Waals surface area contributed by atoms with Gasteiger partial charge in [-0.1, -0.05) is 23.7 Å². The largest absolute Gasteiger partial charge is 0.494 e. The predicted molar refractivity (Wildman–Crippen MR) is 143 cm³/mol. The summed E-state index contributed by atoms with van der Waals surface area (Å²) in [7, 11) is 0. The second-order valence-corrected chi connectivity index (χ2v) is 10.6. The number of carbonyl (C=O) groups is 1. The van der Waals surface area contributed by atoms with Crippen molar-refractivity contribution in [2.75, 3.05) is 50.9 Å². The number of nitrogens with zero attached hydrogens (tertiary/aromatic N) is 2. The van der Waals surface area contributed by atoms with E-state index in [9.17, 15) is 4.79 Å². The summed E-state index contributed by atoms with van der Waals surface area (Å²) in [6.45, 7) is 6.85. The summed E-state index contributed by atoms with van der Waals surface area (Å²) < 4.78 is 11.6. The van der Waals surface area contributed by atoms with E-state index < -0.39 is 0 Å². The number of aromatic amines is 1. The minimum absolute atomic E-state index is 0.279. The number of hydrogen-bond donors (Lipinski definition) is 1. The zero-order valence-electron chi connectivity index (χ0n) is 20.1. The van der Waals surface area contributed by atoms with Gasteiger partial charge in [0.2, 0.25) is 0 Å². The van der Waals surface area contributed by atoms with Crippen molar-refractivity contribution in [2.45, 2.75) is 25.8 Å². The van der Waals surface area contributed by atoms with Gasteiger partial charge in [-0.15, -0.1) is 0 Å². The second kappa shape index (κ2) is 11.1. The topological polar surface area (TPSA) is 57.8 Å². The monoisotopic (exact) mass is 513 g/mol. The number of benzene rings is 2. The van der Waals surface area contributed by atoms with Crippen LogP contribution in [0, 0.1) is 0 Å². The molecular formula is C27H32ClN3O3S. The molecule has 3 heterocycles. The Labute approximate surface area is 215 Å². The number of rotatable bonds is 7. The molecule has 2 aliphatic heterocycles. The summed E-state index contributed by atoms with van der Waals surface area (Å²) in [6.07, 6.45) is 1.45. The Balaban J connectivity index is 1.38. The molecule has 1 fully saturated rings. The van der Waals surface area contributed by atoms with Crippen molar-refractivity contribution in [2.24, 2.45) is 0 Å². The lowest BCUT2D eigenvalue weighted by atomic mass is 9.92. The Hall–Kier alpha value is -2.35. The fraction of sp³-hybridized carbons (Fsp3) is 0.444. The molecule has 2 aliphatic rings. The molecule has 0 spiro atoms. The molecule has 6 nitrogen and oxygen atoms in total. The first-order valence-corrected chi connectivity index (χ1v) is 13.9. The molecule has 1 amide bonds. The average Bonchev–Trinajstić information content (AvgIpc) is 3.25. The first-order valence-electron chi connectivity index (χ1n) is 12.4. The van der Waals surface area contributed by atoms with E-state index in [1.165, 1.54) is 30.2 Å². The van der Waals surface area contributed by atoms with E-state index in [4.69, 9.17) is 21.1 Å². The molecule has 186 valence electrons. The Morgan fingerprint density at radius 2 is 2.03 bits per heavy atom. The summed E-state index contributed by atoms with van der Waals surface area (Å²) in [6, 6.07) is 13.7. The lowest BCUT2D eigenvalue weighted by Crippen LogP contribution is -2.41. The smallest absolute Gasteiger partial charge is 0.410 e. The third-order valence-corrected chi connectivity index (χ3v) is 7.93. The van der Waals surface area contributed by atoms with Crippen LogP contribution in [0.15, 0.2) is 42.5 Å². The molecule has 0 radical (unpaired) electrons. The summed E-state index contributed by atoms with van der Waals surface area (Å²) in [5.74, 6) is 3.28. The average molecular weight is 514 g/mol. The zero-order valence-corrected chi connectivity index (χ0v) is 21.7. The van der Waals surface area contributed by atoms with Crippen LogP contribution in [0.25, 0.3) is 10.9 Å². The number of hydrogen-bond acceptors (Lipinski definition) is 5. The van der Waals surface area contributed by atoms with Crippen molar-refractivity contribution in [1.82, 2.24) is 14.8 Å². The van der Waals surface area contributed by atoms with E-state index in [1.807, 2.05) is 53.9 Å². The molecule has 3 aromatic rings. The molecular weight excluding hydrogens is 482 g/mol. The number of ether oxygens (including phenoxy) is 2. The van der Waals surface area contributed by atoms with Crippen LogP contribution in [-0.4, -0.2) is 71.8 Å². The van der Waals surface area contributed by atoms with Gasteiger partial charge in [0.15, 0.2) is 0 Å². The number of nitrogens with one attached hydrogen (secondary N) is 1. The van der Waals surface area contributed by atoms with Gasteiger partial charge in [0, 0.05) is 59.3 Å². The maximum atomic E-state index is 12.9. The van der Waals surface area contributed by atoms with Crippen LogP contribution in [0.4, 0.5) is 4.79 Å². The second-order valence-electron chi connectivity index (χ2n) is 8.98. The fourth-order valence-corrected chi connectivity index (χ4v) is 6.24. The normalized spacial score (nSPS) is 18.5. The molecule has 1 atom stereocenters. The van der Waals surface area contributed by atoms with Gasteiger partial charge in [0.1, 0.15) is 11.8 Å². The molecule has 1 aromatic heterocycles. The van der Waals surface area contributed by atoms with Crippen LogP contribution in [0.2, 0.25) is 5.02 Å². The first-order chi connectivity index (χ1) is 17.1. The molecule has 2 aromatic carbocycles. The zero-order chi connectivity index (χ0) is 24.2. The maximum Gasteiger partial charge on any atom is 0.410 e. The molecule has 0 bridgehead atoms. The van der Waals surface area contributed by atoms with Crippen molar-refractivity contribution in [3.8, 4) is 5.75 Å². The van der Waals surface area contributed by atoms with Crippen molar-refractivity contribution in [3.05, 3.63) is 64.3 Å². The minimum Gasteiger partial charge on any atom is -0.494 e. The van der Waals surface area contributed by atoms with Crippen LogP contribution < -0.4 is 4.74 Å². The van der Waals surface area contributed by atoms with Crippen LogP contribution in [-0.2, 0) is 11.2 Å². The Kier molecular flexibility index (Phi) is 7.75.